The van der Waals surface area contributed by atoms with Gasteiger partial charge in [0.25, 0.3) is 0 Å². The predicted molar refractivity (Wildman–Crippen MR) is 97.5 cm³/mol. The third-order valence-corrected chi connectivity index (χ3v) is 4.87. The molecule has 0 amide bonds. The fourth-order valence-corrected chi connectivity index (χ4v) is 3.27. The van der Waals surface area contributed by atoms with E-state index in [1.807, 2.05) is 0 Å². The van der Waals surface area contributed by atoms with Gasteiger partial charge in [-0.15, -0.1) is 0 Å². The lowest BCUT2D eigenvalue weighted by Crippen LogP contribution is -2.37. The summed E-state index contributed by atoms with van der Waals surface area (Å²) in [5, 5.41) is 0. The minimum atomic E-state index is 0.785. The van der Waals surface area contributed by atoms with Crippen molar-refractivity contribution in [3.63, 3.8) is 0 Å². The maximum absolute atomic E-state index is 6.09. The molecular formula is C20H30N2O2. The monoisotopic (exact) mass is 330 g/mol. The number of para-hydroxylation sites is 1. The molecule has 132 valence electrons. The summed E-state index contributed by atoms with van der Waals surface area (Å²) in [6.07, 6.45) is 4.60. The highest BCUT2D eigenvalue weighted by Crippen LogP contribution is 2.22. The molecule has 24 heavy (non-hydrogen) atoms. The number of rotatable bonds is 7. The zero-order valence-corrected chi connectivity index (χ0v) is 14.9. The Morgan fingerprint density at radius 1 is 1.08 bits per heavy atom. The highest BCUT2D eigenvalue weighted by atomic mass is 16.5. The van der Waals surface area contributed by atoms with E-state index in [1.165, 1.54) is 17.6 Å². The molecule has 0 aliphatic carbocycles. The van der Waals surface area contributed by atoms with Crippen molar-refractivity contribution in [3.05, 3.63) is 41.5 Å². The Morgan fingerprint density at radius 3 is 2.71 bits per heavy atom. The lowest BCUT2D eigenvalue weighted by Gasteiger charge is -2.27. The van der Waals surface area contributed by atoms with Crippen LogP contribution in [0.2, 0.25) is 0 Å². The van der Waals surface area contributed by atoms with Gasteiger partial charge in [0.05, 0.1) is 19.8 Å². The fraction of sp³-hybridized carbons (Fsp3) is 0.600. The summed E-state index contributed by atoms with van der Waals surface area (Å²) in [5.41, 5.74) is 2.82. The van der Waals surface area contributed by atoms with Crippen LogP contribution in [0.4, 0.5) is 0 Å². The topological polar surface area (TPSA) is 24.9 Å². The molecule has 0 unspecified atom stereocenters. The largest absolute Gasteiger partial charge is 0.493 e. The molecule has 1 saturated heterocycles. The van der Waals surface area contributed by atoms with Crippen molar-refractivity contribution in [1.29, 1.82) is 0 Å². The Bertz CT molecular complexity index is 538. The SMILES string of the molecule is CC1=CCN(Cc2ccccc2OCCCN2CCOCC2)CC1. The van der Waals surface area contributed by atoms with E-state index < -0.39 is 0 Å². The van der Waals surface area contributed by atoms with E-state index >= 15 is 0 Å². The quantitative estimate of drug-likeness (QED) is 0.567. The first kappa shape index (κ1) is 17.5. The second-order valence-corrected chi connectivity index (χ2v) is 6.80. The molecule has 0 aromatic heterocycles. The fourth-order valence-electron chi connectivity index (χ4n) is 3.27. The van der Waals surface area contributed by atoms with Crippen LogP contribution >= 0.6 is 0 Å². The maximum Gasteiger partial charge on any atom is 0.123 e. The first-order chi connectivity index (χ1) is 11.8. The van der Waals surface area contributed by atoms with Crippen LogP contribution in [0.25, 0.3) is 0 Å². The third kappa shape index (κ3) is 5.33. The lowest BCUT2D eigenvalue weighted by molar-refractivity contribution is 0.0357. The molecule has 4 nitrogen and oxygen atoms in total. The lowest BCUT2D eigenvalue weighted by atomic mass is 10.1. The summed E-state index contributed by atoms with van der Waals surface area (Å²) >= 11 is 0. The first-order valence-electron chi connectivity index (χ1n) is 9.20. The normalized spacial score (nSPS) is 20.0. The first-order valence-corrected chi connectivity index (χ1v) is 9.20. The minimum Gasteiger partial charge on any atom is -0.493 e. The summed E-state index contributed by atoms with van der Waals surface area (Å²) in [5.74, 6) is 1.05. The molecule has 1 fully saturated rings. The van der Waals surface area contributed by atoms with Crippen LogP contribution < -0.4 is 4.74 Å². The van der Waals surface area contributed by atoms with E-state index in [-0.39, 0.29) is 0 Å². The molecule has 0 bridgehead atoms. The minimum absolute atomic E-state index is 0.785. The predicted octanol–water partition coefficient (Wildman–Crippen LogP) is 2.94. The van der Waals surface area contributed by atoms with Gasteiger partial charge >= 0.3 is 0 Å². The Balaban J connectivity index is 1.45. The van der Waals surface area contributed by atoms with Gasteiger partial charge in [-0.1, -0.05) is 29.8 Å². The second-order valence-electron chi connectivity index (χ2n) is 6.80. The molecule has 1 aromatic carbocycles. The van der Waals surface area contributed by atoms with Gasteiger partial charge in [-0.25, -0.2) is 0 Å². The molecule has 0 saturated carbocycles. The number of nitrogens with zero attached hydrogens (tertiary/aromatic N) is 2. The Hall–Kier alpha value is -1.36. The summed E-state index contributed by atoms with van der Waals surface area (Å²) < 4.78 is 11.5. The van der Waals surface area contributed by atoms with Gasteiger partial charge in [0.2, 0.25) is 0 Å². The Morgan fingerprint density at radius 2 is 1.92 bits per heavy atom. The molecule has 2 aliphatic rings. The van der Waals surface area contributed by atoms with Crippen molar-refractivity contribution >= 4 is 0 Å². The van der Waals surface area contributed by atoms with Gasteiger partial charge in [-0.05, 0) is 25.8 Å². The van der Waals surface area contributed by atoms with Crippen molar-refractivity contribution < 1.29 is 9.47 Å². The van der Waals surface area contributed by atoms with Crippen LogP contribution in [0.15, 0.2) is 35.9 Å². The Kier molecular flexibility index (Phi) is 6.70. The van der Waals surface area contributed by atoms with E-state index in [0.29, 0.717) is 0 Å². The Labute approximate surface area is 146 Å². The summed E-state index contributed by atoms with van der Waals surface area (Å²) in [4.78, 5) is 4.95. The van der Waals surface area contributed by atoms with Gasteiger partial charge in [0.15, 0.2) is 0 Å². The van der Waals surface area contributed by atoms with Gasteiger partial charge < -0.3 is 9.47 Å². The molecular weight excluding hydrogens is 300 g/mol. The molecule has 1 aromatic rings. The van der Waals surface area contributed by atoms with Gasteiger partial charge in [-0.3, -0.25) is 9.80 Å². The van der Waals surface area contributed by atoms with Gasteiger partial charge in [0, 0.05) is 44.8 Å². The van der Waals surface area contributed by atoms with Crippen molar-refractivity contribution in [2.75, 3.05) is 52.5 Å². The molecule has 0 atom stereocenters. The summed E-state index contributed by atoms with van der Waals surface area (Å²) in [6.45, 7) is 11.1. The van der Waals surface area contributed by atoms with Crippen LogP contribution in [0, 0.1) is 0 Å². The molecule has 0 N–H and O–H groups in total. The van der Waals surface area contributed by atoms with E-state index in [9.17, 15) is 0 Å². The van der Waals surface area contributed by atoms with Crippen molar-refractivity contribution in [2.24, 2.45) is 0 Å². The number of hydrogen-bond acceptors (Lipinski definition) is 4. The number of benzene rings is 1. The van der Waals surface area contributed by atoms with E-state index in [4.69, 9.17) is 9.47 Å². The van der Waals surface area contributed by atoms with Crippen LogP contribution in [0.3, 0.4) is 0 Å². The maximum atomic E-state index is 6.09. The molecule has 2 aliphatic heterocycles. The standard InChI is InChI=1S/C20H30N2O2/c1-18-7-10-22(11-8-18)17-19-5-2-3-6-20(19)24-14-4-9-21-12-15-23-16-13-21/h2-3,5-7H,4,8-17H2,1H3. The molecule has 3 rings (SSSR count). The molecule has 0 spiro atoms. The van der Waals surface area contributed by atoms with E-state index in [0.717, 1.165) is 71.3 Å². The molecule has 0 radical (unpaired) electrons. The third-order valence-electron chi connectivity index (χ3n) is 4.87. The number of hydrogen-bond donors (Lipinski definition) is 0. The van der Waals surface area contributed by atoms with Crippen molar-refractivity contribution in [1.82, 2.24) is 9.80 Å². The molecule has 4 heteroatoms. The van der Waals surface area contributed by atoms with Crippen LogP contribution in [0.5, 0.6) is 5.75 Å². The van der Waals surface area contributed by atoms with Crippen molar-refractivity contribution in [3.8, 4) is 5.75 Å². The number of morpholine rings is 1. The average molecular weight is 330 g/mol. The second kappa shape index (κ2) is 9.21. The highest BCUT2D eigenvalue weighted by Gasteiger charge is 2.13. The molecule has 2 heterocycles. The highest BCUT2D eigenvalue weighted by molar-refractivity contribution is 5.33. The summed E-state index contributed by atoms with van der Waals surface area (Å²) in [6, 6.07) is 8.49. The van der Waals surface area contributed by atoms with Crippen LogP contribution in [0.1, 0.15) is 25.3 Å². The zero-order chi connectivity index (χ0) is 16.6. The van der Waals surface area contributed by atoms with E-state index in [2.05, 4.69) is 47.1 Å². The van der Waals surface area contributed by atoms with Crippen LogP contribution in [-0.2, 0) is 11.3 Å². The smallest absolute Gasteiger partial charge is 0.123 e. The van der Waals surface area contributed by atoms with Crippen molar-refractivity contribution in [2.45, 2.75) is 26.3 Å². The number of ether oxygens (including phenoxy) is 2. The van der Waals surface area contributed by atoms with Crippen LogP contribution in [-0.4, -0.2) is 62.3 Å². The average Bonchev–Trinajstić information content (AvgIpc) is 2.63. The van der Waals surface area contributed by atoms with Gasteiger partial charge in [-0.2, -0.15) is 0 Å². The van der Waals surface area contributed by atoms with E-state index in [1.54, 1.807) is 0 Å². The zero-order valence-electron chi connectivity index (χ0n) is 14.9. The van der Waals surface area contributed by atoms with Gasteiger partial charge in [0.1, 0.15) is 5.75 Å². The summed E-state index contributed by atoms with van der Waals surface area (Å²) in [7, 11) is 0.